The highest BCUT2D eigenvalue weighted by Gasteiger charge is 2.14. The monoisotopic (exact) mass is 278 g/mol. The highest BCUT2D eigenvalue weighted by Crippen LogP contribution is 2.30. The molecule has 0 aliphatic rings. The zero-order valence-electron chi connectivity index (χ0n) is 12.2. The Balaban J connectivity index is 2.23. The van der Waals surface area contributed by atoms with Crippen molar-refractivity contribution in [2.45, 2.75) is 6.92 Å². The van der Waals surface area contributed by atoms with E-state index in [0.29, 0.717) is 5.70 Å². The number of hydrogen-bond donors (Lipinski definition) is 2. The molecule has 3 rings (SSSR count). The molecule has 0 amide bonds. The normalized spacial score (nSPS) is 11.9. The largest absolute Gasteiger partial charge is 0.347 e. The molecule has 3 nitrogen and oxygen atoms in total. The molecule has 0 bridgehead atoms. The molecule has 0 saturated carbocycles. The van der Waals surface area contributed by atoms with Crippen LogP contribution in [0.15, 0.2) is 54.6 Å². The SMILES string of the molecule is Cc1c(C(=Cc2ccccc2)NO)c2ccccc2n1C. The average Bonchev–Trinajstić information content (AvgIpc) is 2.78. The minimum absolute atomic E-state index is 0.704. The second kappa shape index (κ2) is 5.46. The molecule has 0 spiro atoms. The van der Waals surface area contributed by atoms with Gasteiger partial charge < -0.3 is 4.57 Å². The van der Waals surface area contributed by atoms with Crippen molar-refractivity contribution in [3.8, 4) is 0 Å². The van der Waals surface area contributed by atoms with Gasteiger partial charge in [0.1, 0.15) is 0 Å². The van der Waals surface area contributed by atoms with Crippen LogP contribution in [0.2, 0.25) is 0 Å². The molecule has 0 fully saturated rings. The fourth-order valence-electron chi connectivity index (χ4n) is 2.74. The van der Waals surface area contributed by atoms with Crippen LogP contribution < -0.4 is 5.48 Å². The lowest BCUT2D eigenvalue weighted by molar-refractivity contribution is 0.225. The van der Waals surface area contributed by atoms with E-state index in [4.69, 9.17) is 0 Å². The van der Waals surface area contributed by atoms with E-state index in [9.17, 15) is 5.21 Å². The minimum atomic E-state index is 0.704. The predicted molar refractivity (Wildman–Crippen MR) is 86.9 cm³/mol. The highest BCUT2D eigenvalue weighted by molar-refractivity contribution is 5.97. The smallest absolute Gasteiger partial charge is 0.0704 e. The minimum Gasteiger partial charge on any atom is -0.347 e. The van der Waals surface area contributed by atoms with E-state index in [0.717, 1.165) is 27.7 Å². The fourth-order valence-corrected chi connectivity index (χ4v) is 2.74. The van der Waals surface area contributed by atoms with E-state index in [1.165, 1.54) is 0 Å². The van der Waals surface area contributed by atoms with Crippen molar-refractivity contribution in [3.63, 3.8) is 0 Å². The summed E-state index contributed by atoms with van der Waals surface area (Å²) in [5.74, 6) is 0. The van der Waals surface area contributed by atoms with Crippen molar-refractivity contribution < 1.29 is 5.21 Å². The molecule has 3 heteroatoms. The van der Waals surface area contributed by atoms with Crippen molar-refractivity contribution in [1.29, 1.82) is 0 Å². The maximum absolute atomic E-state index is 9.61. The predicted octanol–water partition coefficient (Wildman–Crippen LogP) is 3.96. The van der Waals surface area contributed by atoms with Gasteiger partial charge in [0.25, 0.3) is 0 Å². The van der Waals surface area contributed by atoms with Crippen LogP contribution in [0.4, 0.5) is 0 Å². The third kappa shape index (κ3) is 2.32. The molecule has 3 aromatic rings. The second-order valence-corrected chi connectivity index (χ2v) is 5.12. The third-order valence-corrected chi connectivity index (χ3v) is 3.90. The Labute approximate surface area is 124 Å². The number of nitrogens with one attached hydrogen (secondary N) is 1. The number of para-hydroxylation sites is 1. The van der Waals surface area contributed by atoms with Crippen LogP contribution in [0.25, 0.3) is 22.7 Å². The first-order chi connectivity index (χ1) is 10.2. The van der Waals surface area contributed by atoms with Crippen LogP contribution in [0, 0.1) is 6.92 Å². The van der Waals surface area contributed by atoms with Gasteiger partial charge in [-0.2, -0.15) is 0 Å². The van der Waals surface area contributed by atoms with Crippen molar-refractivity contribution in [2.24, 2.45) is 7.05 Å². The summed E-state index contributed by atoms with van der Waals surface area (Å²) in [6, 6.07) is 18.2. The van der Waals surface area contributed by atoms with Gasteiger partial charge in [0.15, 0.2) is 0 Å². The van der Waals surface area contributed by atoms with E-state index in [-0.39, 0.29) is 0 Å². The molecule has 0 radical (unpaired) electrons. The van der Waals surface area contributed by atoms with Crippen LogP contribution in [0.1, 0.15) is 16.8 Å². The summed E-state index contributed by atoms with van der Waals surface area (Å²) < 4.78 is 2.14. The van der Waals surface area contributed by atoms with Crippen LogP contribution in [-0.4, -0.2) is 9.77 Å². The molecule has 0 saturated heterocycles. The number of hydrogen-bond acceptors (Lipinski definition) is 2. The van der Waals surface area contributed by atoms with Crippen molar-refractivity contribution in [1.82, 2.24) is 10.0 Å². The molecule has 106 valence electrons. The average molecular weight is 278 g/mol. The van der Waals surface area contributed by atoms with Crippen LogP contribution in [0.5, 0.6) is 0 Å². The zero-order chi connectivity index (χ0) is 14.8. The summed E-state index contributed by atoms with van der Waals surface area (Å²) in [5, 5.41) is 10.7. The van der Waals surface area contributed by atoms with Gasteiger partial charge in [0.2, 0.25) is 0 Å². The molecule has 1 aromatic heterocycles. The van der Waals surface area contributed by atoms with Gasteiger partial charge in [-0.1, -0.05) is 48.5 Å². The van der Waals surface area contributed by atoms with Crippen molar-refractivity contribution in [3.05, 3.63) is 71.4 Å². The Hall–Kier alpha value is -2.52. The Morgan fingerprint density at radius 1 is 1.05 bits per heavy atom. The standard InChI is InChI=1S/C18H18N2O/c1-13-18(15-10-6-7-11-17(15)20(13)2)16(19-21)12-14-8-4-3-5-9-14/h3-12,19,21H,1-2H3. The summed E-state index contributed by atoms with van der Waals surface area (Å²) in [5.41, 5.74) is 7.40. The van der Waals surface area contributed by atoms with E-state index >= 15 is 0 Å². The van der Waals surface area contributed by atoms with E-state index in [1.54, 1.807) is 0 Å². The topological polar surface area (TPSA) is 37.2 Å². The van der Waals surface area contributed by atoms with Gasteiger partial charge in [-0.25, -0.2) is 0 Å². The maximum atomic E-state index is 9.61. The molecule has 0 aliphatic carbocycles. The van der Waals surface area contributed by atoms with Crippen LogP contribution in [0.3, 0.4) is 0 Å². The second-order valence-electron chi connectivity index (χ2n) is 5.12. The summed E-state index contributed by atoms with van der Waals surface area (Å²) >= 11 is 0. The van der Waals surface area contributed by atoms with E-state index in [2.05, 4.69) is 29.1 Å². The van der Waals surface area contributed by atoms with Gasteiger partial charge in [-0.15, -0.1) is 0 Å². The highest BCUT2D eigenvalue weighted by atomic mass is 16.5. The van der Waals surface area contributed by atoms with Gasteiger partial charge in [0.05, 0.1) is 5.70 Å². The Kier molecular flexibility index (Phi) is 3.50. The number of fused-ring (bicyclic) bond motifs is 1. The first kappa shape index (κ1) is 13.5. The number of rotatable bonds is 3. The lowest BCUT2D eigenvalue weighted by atomic mass is 10.1. The molecular formula is C18H18N2O. The van der Waals surface area contributed by atoms with Crippen LogP contribution >= 0.6 is 0 Å². The molecular weight excluding hydrogens is 260 g/mol. The summed E-state index contributed by atoms with van der Waals surface area (Å²) in [6.07, 6.45) is 1.95. The molecule has 21 heavy (non-hydrogen) atoms. The lowest BCUT2D eigenvalue weighted by Gasteiger charge is -2.07. The number of hydroxylamine groups is 1. The van der Waals surface area contributed by atoms with Crippen molar-refractivity contribution in [2.75, 3.05) is 0 Å². The first-order valence-electron chi connectivity index (χ1n) is 6.93. The number of nitrogens with zero attached hydrogens (tertiary/aromatic N) is 1. The summed E-state index contributed by atoms with van der Waals surface area (Å²) in [6.45, 7) is 2.06. The number of aryl methyl sites for hydroxylation is 1. The van der Waals surface area contributed by atoms with Gasteiger partial charge in [-0.3, -0.25) is 10.7 Å². The lowest BCUT2D eigenvalue weighted by Crippen LogP contribution is -2.06. The Bertz CT molecular complexity index is 801. The summed E-state index contributed by atoms with van der Waals surface area (Å²) in [7, 11) is 2.04. The van der Waals surface area contributed by atoms with Gasteiger partial charge >= 0.3 is 0 Å². The first-order valence-corrected chi connectivity index (χ1v) is 6.93. The third-order valence-electron chi connectivity index (χ3n) is 3.90. The number of benzene rings is 2. The quantitative estimate of drug-likeness (QED) is 0.711. The molecule has 0 atom stereocenters. The van der Waals surface area contributed by atoms with Gasteiger partial charge in [-0.05, 0) is 24.6 Å². The molecule has 0 unspecified atom stereocenters. The zero-order valence-corrected chi connectivity index (χ0v) is 12.2. The van der Waals surface area contributed by atoms with Gasteiger partial charge in [0, 0.05) is 29.2 Å². The Morgan fingerprint density at radius 2 is 1.71 bits per heavy atom. The molecule has 2 aromatic carbocycles. The van der Waals surface area contributed by atoms with Crippen molar-refractivity contribution >= 4 is 22.7 Å². The maximum Gasteiger partial charge on any atom is 0.0704 e. The number of aromatic nitrogens is 1. The van der Waals surface area contributed by atoms with E-state index < -0.39 is 0 Å². The molecule has 1 heterocycles. The molecule has 0 aliphatic heterocycles. The fraction of sp³-hybridized carbons (Fsp3) is 0.111. The molecule has 2 N–H and O–H groups in total. The van der Waals surface area contributed by atoms with E-state index in [1.807, 2.05) is 55.6 Å². The Morgan fingerprint density at radius 3 is 2.43 bits per heavy atom. The van der Waals surface area contributed by atoms with Crippen LogP contribution in [-0.2, 0) is 7.05 Å². The summed E-state index contributed by atoms with van der Waals surface area (Å²) in [4.78, 5) is 0.